The van der Waals surface area contributed by atoms with Crippen molar-refractivity contribution in [3.05, 3.63) is 0 Å². The van der Waals surface area contributed by atoms with Crippen molar-refractivity contribution in [2.45, 2.75) is 21.3 Å². The van der Waals surface area contributed by atoms with Crippen molar-refractivity contribution in [1.29, 1.82) is 0 Å². The first-order chi connectivity index (χ1) is 3.81. The van der Waals surface area contributed by atoms with Gasteiger partial charge in [0.15, 0.2) is 0 Å². The summed E-state index contributed by atoms with van der Waals surface area (Å²) in [6, 6.07) is 0. The Labute approximate surface area is 68.1 Å². The molecule has 0 spiro atoms. The van der Waals surface area contributed by atoms with Crippen LogP contribution in [0.2, 0.25) is 0 Å². The molecule has 0 fully saturated rings. The molecule has 0 saturated heterocycles. The third kappa shape index (κ3) is 8.92. The van der Waals surface area contributed by atoms with Crippen LogP contribution in [0.3, 0.4) is 0 Å². The van der Waals surface area contributed by atoms with E-state index in [0.717, 1.165) is 0 Å². The normalized spacial score (nSPS) is 8.33. The Kier molecular flexibility index (Phi) is 12.5. The van der Waals surface area contributed by atoms with Crippen molar-refractivity contribution in [2.24, 2.45) is 0 Å². The second-order valence-corrected chi connectivity index (χ2v) is 4.02. The van der Waals surface area contributed by atoms with Gasteiger partial charge in [0, 0.05) is 0 Å². The summed E-state index contributed by atoms with van der Waals surface area (Å²) in [4.78, 5) is 0. The Hall–Kier alpha value is 0.924. The second-order valence-electron chi connectivity index (χ2n) is 1.10. The summed E-state index contributed by atoms with van der Waals surface area (Å²) in [7, 11) is 5.60. The minimum atomic E-state index is -1.96. The average Bonchev–Trinajstić information content (AvgIpc) is 1.68. The van der Waals surface area contributed by atoms with Crippen LogP contribution in [0.1, 0.15) is 21.3 Å². The zero-order chi connectivity index (χ0) is 6.41. The van der Waals surface area contributed by atoms with Crippen molar-refractivity contribution in [3.63, 3.8) is 0 Å². The molecule has 4 heteroatoms. The van der Waals surface area contributed by atoms with Gasteiger partial charge in [-0.25, -0.2) is 0 Å². The van der Waals surface area contributed by atoms with E-state index in [2.05, 4.69) is 0 Å². The third-order valence-corrected chi connectivity index (χ3v) is 3.03. The molecule has 0 unspecified atom stereocenters. The SMILES string of the molecule is C.CC[O][Ti]([Cl])[O]CC. The van der Waals surface area contributed by atoms with Crippen molar-refractivity contribution in [3.8, 4) is 0 Å². The number of hydrogen-bond donors (Lipinski definition) is 0. The van der Waals surface area contributed by atoms with Crippen LogP contribution in [0.5, 0.6) is 0 Å². The molecule has 2 nitrogen and oxygen atoms in total. The van der Waals surface area contributed by atoms with Crippen LogP contribution in [0.15, 0.2) is 0 Å². The first-order valence-corrected chi connectivity index (χ1v) is 6.01. The van der Waals surface area contributed by atoms with E-state index in [9.17, 15) is 0 Å². The first-order valence-electron chi connectivity index (χ1n) is 2.59. The zero-order valence-electron chi connectivity index (χ0n) is 5.11. The molecule has 0 aromatic rings. The average molecular weight is 189 g/mol. The van der Waals surface area contributed by atoms with Gasteiger partial charge in [0.25, 0.3) is 0 Å². The molecular weight excluding hydrogens is 175 g/mol. The van der Waals surface area contributed by atoms with Gasteiger partial charge in [-0.15, -0.1) is 0 Å². The molecule has 0 aliphatic rings. The van der Waals surface area contributed by atoms with Gasteiger partial charge in [-0.3, -0.25) is 0 Å². The van der Waals surface area contributed by atoms with Crippen LogP contribution in [0, 0.1) is 0 Å². The van der Waals surface area contributed by atoms with Gasteiger partial charge in [0.05, 0.1) is 0 Å². The Morgan fingerprint density at radius 1 is 1.22 bits per heavy atom. The summed E-state index contributed by atoms with van der Waals surface area (Å²) < 4.78 is 9.98. The van der Waals surface area contributed by atoms with Crippen LogP contribution in [0.4, 0.5) is 0 Å². The van der Waals surface area contributed by atoms with E-state index in [4.69, 9.17) is 15.9 Å². The summed E-state index contributed by atoms with van der Waals surface area (Å²) in [5.41, 5.74) is 0. The predicted molar refractivity (Wildman–Crippen MR) is 35.8 cm³/mol. The fourth-order valence-corrected chi connectivity index (χ4v) is 2.01. The number of halogens is 1. The summed E-state index contributed by atoms with van der Waals surface area (Å²) in [5, 5.41) is 0. The van der Waals surface area contributed by atoms with Gasteiger partial charge in [0.1, 0.15) is 0 Å². The maximum absolute atomic E-state index is 5.60. The molecule has 0 aromatic carbocycles. The Balaban J connectivity index is 0. The van der Waals surface area contributed by atoms with Gasteiger partial charge in [0.2, 0.25) is 0 Å². The van der Waals surface area contributed by atoms with Crippen LogP contribution in [0.25, 0.3) is 0 Å². The molecule has 9 heavy (non-hydrogen) atoms. The number of hydrogen-bond acceptors (Lipinski definition) is 2. The molecule has 0 aromatic heterocycles. The predicted octanol–water partition coefficient (Wildman–Crippen LogP) is 2.30. The van der Waals surface area contributed by atoms with Gasteiger partial charge in [-0.05, 0) is 0 Å². The van der Waals surface area contributed by atoms with Crippen molar-refractivity contribution < 1.29 is 24.2 Å². The summed E-state index contributed by atoms with van der Waals surface area (Å²) in [5.74, 6) is 0. The topological polar surface area (TPSA) is 18.5 Å². The Morgan fingerprint density at radius 3 is 1.78 bits per heavy atom. The van der Waals surface area contributed by atoms with E-state index in [1.807, 2.05) is 13.8 Å². The van der Waals surface area contributed by atoms with Crippen LogP contribution in [-0.4, -0.2) is 13.2 Å². The van der Waals surface area contributed by atoms with Crippen molar-refractivity contribution in [2.75, 3.05) is 13.2 Å². The van der Waals surface area contributed by atoms with Gasteiger partial charge in [-0.1, -0.05) is 7.43 Å². The fourth-order valence-electron chi connectivity index (χ4n) is 0.269. The van der Waals surface area contributed by atoms with E-state index >= 15 is 0 Å². The summed E-state index contributed by atoms with van der Waals surface area (Å²) in [6.45, 7) is 5.15. The molecule has 0 N–H and O–H groups in total. The molecule has 57 valence electrons. The molecular formula is C5H14ClO2Ti. The molecule has 0 heterocycles. The summed E-state index contributed by atoms with van der Waals surface area (Å²) in [6.07, 6.45) is 0. The van der Waals surface area contributed by atoms with E-state index in [-0.39, 0.29) is 7.43 Å². The van der Waals surface area contributed by atoms with Crippen LogP contribution in [-0.2, 0) is 24.2 Å². The van der Waals surface area contributed by atoms with Crippen LogP contribution < -0.4 is 0 Å². The quantitative estimate of drug-likeness (QED) is 0.632. The van der Waals surface area contributed by atoms with E-state index < -0.39 is 17.6 Å². The third-order valence-electron chi connectivity index (χ3n) is 0.516. The van der Waals surface area contributed by atoms with E-state index in [0.29, 0.717) is 13.2 Å². The van der Waals surface area contributed by atoms with Crippen molar-refractivity contribution >= 4 is 9.30 Å². The minimum absolute atomic E-state index is 0. The van der Waals surface area contributed by atoms with E-state index in [1.165, 1.54) is 0 Å². The first kappa shape index (κ1) is 12.6. The van der Waals surface area contributed by atoms with Gasteiger partial charge < -0.3 is 0 Å². The van der Waals surface area contributed by atoms with Gasteiger partial charge >= 0.3 is 60.6 Å². The zero-order valence-corrected chi connectivity index (χ0v) is 7.43. The van der Waals surface area contributed by atoms with Gasteiger partial charge in [-0.2, -0.15) is 0 Å². The molecule has 0 bridgehead atoms. The monoisotopic (exact) mass is 189 g/mol. The molecule has 0 radical (unpaired) electrons. The van der Waals surface area contributed by atoms with Crippen LogP contribution >= 0.6 is 9.30 Å². The Bertz CT molecular complexity index is 48.2. The standard InChI is InChI=1S/2C2H5O.CH4.ClH.Ti/c2*1-2-3;;;/h2*2H2,1H3;1H4;1H;/q2*-1;;;+3/p-1. The second kappa shape index (κ2) is 8.92. The van der Waals surface area contributed by atoms with E-state index in [1.54, 1.807) is 0 Å². The van der Waals surface area contributed by atoms with Crippen molar-refractivity contribution in [1.82, 2.24) is 0 Å². The number of rotatable bonds is 4. The summed E-state index contributed by atoms with van der Waals surface area (Å²) >= 11 is -1.96. The fraction of sp³-hybridized carbons (Fsp3) is 1.00. The Morgan fingerprint density at radius 2 is 1.56 bits per heavy atom. The molecule has 0 amide bonds. The molecule has 0 rings (SSSR count). The molecule has 0 saturated carbocycles. The molecule has 0 aliphatic heterocycles. The molecule has 0 aliphatic carbocycles. The maximum atomic E-state index is 5.60. The molecule has 0 atom stereocenters.